The van der Waals surface area contributed by atoms with Crippen LogP contribution in [0.1, 0.15) is 60.4 Å². The number of aryl methyl sites for hydroxylation is 4. The lowest BCUT2D eigenvalue weighted by Gasteiger charge is -2.22. The Morgan fingerprint density at radius 2 is 1.45 bits per heavy atom. The van der Waals surface area contributed by atoms with Crippen LogP contribution in [-0.4, -0.2) is 0 Å². The van der Waals surface area contributed by atoms with Gasteiger partial charge in [-0.25, -0.2) is 0 Å². The molecule has 2 aromatic rings. The van der Waals surface area contributed by atoms with Crippen molar-refractivity contribution in [3.05, 3.63) is 70.3 Å². The van der Waals surface area contributed by atoms with Gasteiger partial charge in [0.15, 0.2) is 0 Å². The maximum Gasteiger partial charge on any atom is -0.0154 e. The summed E-state index contributed by atoms with van der Waals surface area (Å²) >= 11 is 0. The fourth-order valence-corrected chi connectivity index (χ4v) is 3.26. The third kappa shape index (κ3) is 4.73. The summed E-state index contributed by atoms with van der Waals surface area (Å²) < 4.78 is 0. The standard InChI is InChI=1S/C22H30/c1-16(2)14-21(22-15-18(4)6-9-19(22)5)13-12-20-10-7-17(3)8-11-20/h6-11,15-16,21H,12-14H2,1-5H3. The maximum absolute atomic E-state index is 2.40. The minimum Gasteiger partial charge on any atom is -0.0628 e. The van der Waals surface area contributed by atoms with Crippen LogP contribution in [0.15, 0.2) is 42.5 Å². The fraction of sp³-hybridized carbons (Fsp3) is 0.455. The minimum atomic E-state index is 0.668. The van der Waals surface area contributed by atoms with Crippen molar-refractivity contribution < 1.29 is 0 Å². The lowest BCUT2D eigenvalue weighted by Crippen LogP contribution is -2.07. The van der Waals surface area contributed by atoms with Crippen molar-refractivity contribution in [3.8, 4) is 0 Å². The first kappa shape index (κ1) is 16.8. The molecular weight excluding hydrogens is 264 g/mol. The Bertz CT molecular complexity index is 590. The summed E-state index contributed by atoms with van der Waals surface area (Å²) in [7, 11) is 0. The summed E-state index contributed by atoms with van der Waals surface area (Å²) in [5, 5.41) is 0. The largest absolute Gasteiger partial charge is 0.0628 e. The van der Waals surface area contributed by atoms with Crippen LogP contribution in [0.4, 0.5) is 0 Å². The highest BCUT2D eigenvalue weighted by molar-refractivity contribution is 5.33. The predicted molar refractivity (Wildman–Crippen MR) is 97.6 cm³/mol. The molecule has 0 aliphatic carbocycles. The van der Waals surface area contributed by atoms with E-state index in [1.807, 2.05) is 0 Å². The molecule has 0 saturated carbocycles. The Morgan fingerprint density at radius 3 is 2.09 bits per heavy atom. The smallest absolute Gasteiger partial charge is 0.0154 e. The van der Waals surface area contributed by atoms with Crippen molar-refractivity contribution in [1.29, 1.82) is 0 Å². The molecule has 118 valence electrons. The lowest BCUT2D eigenvalue weighted by atomic mass is 9.83. The molecule has 0 aliphatic rings. The van der Waals surface area contributed by atoms with Crippen molar-refractivity contribution in [3.63, 3.8) is 0 Å². The average Bonchev–Trinajstić information content (AvgIpc) is 2.47. The Balaban J connectivity index is 2.15. The summed E-state index contributed by atoms with van der Waals surface area (Å²) in [5.74, 6) is 1.41. The molecule has 0 heteroatoms. The molecule has 22 heavy (non-hydrogen) atoms. The monoisotopic (exact) mass is 294 g/mol. The van der Waals surface area contributed by atoms with Crippen LogP contribution >= 0.6 is 0 Å². The second kappa shape index (κ2) is 7.63. The number of hydrogen-bond acceptors (Lipinski definition) is 0. The molecule has 0 bridgehead atoms. The summed E-state index contributed by atoms with van der Waals surface area (Å²) in [5.41, 5.74) is 7.19. The van der Waals surface area contributed by atoms with Gasteiger partial charge in [-0.2, -0.15) is 0 Å². The number of benzene rings is 2. The van der Waals surface area contributed by atoms with Gasteiger partial charge < -0.3 is 0 Å². The van der Waals surface area contributed by atoms with Crippen LogP contribution < -0.4 is 0 Å². The van der Waals surface area contributed by atoms with Crippen molar-refractivity contribution in [2.24, 2.45) is 5.92 Å². The van der Waals surface area contributed by atoms with Gasteiger partial charge in [-0.1, -0.05) is 67.4 Å². The van der Waals surface area contributed by atoms with Crippen LogP contribution in [0.25, 0.3) is 0 Å². The molecule has 0 saturated heterocycles. The molecule has 2 aromatic carbocycles. The highest BCUT2D eigenvalue weighted by atomic mass is 14.2. The molecule has 0 amide bonds. The normalized spacial score (nSPS) is 12.6. The molecule has 0 nitrogen and oxygen atoms in total. The molecule has 0 aromatic heterocycles. The van der Waals surface area contributed by atoms with Gasteiger partial charge in [-0.3, -0.25) is 0 Å². The molecule has 0 fully saturated rings. The molecule has 0 aliphatic heterocycles. The second-order valence-electron chi connectivity index (χ2n) is 7.21. The third-order valence-electron chi connectivity index (χ3n) is 4.53. The van der Waals surface area contributed by atoms with E-state index in [0.717, 1.165) is 5.92 Å². The Labute approximate surface area is 136 Å². The van der Waals surface area contributed by atoms with Gasteiger partial charge in [0.25, 0.3) is 0 Å². The first-order valence-electron chi connectivity index (χ1n) is 8.58. The van der Waals surface area contributed by atoms with Gasteiger partial charge in [0.2, 0.25) is 0 Å². The van der Waals surface area contributed by atoms with E-state index in [1.165, 1.54) is 41.5 Å². The number of rotatable bonds is 6. The molecule has 1 atom stereocenters. The first-order valence-corrected chi connectivity index (χ1v) is 8.58. The topological polar surface area (TPSA) is 0 Å². The van der Waals surface area contributed by atoms with E-state index in [0.29, 0.717) is 5.92 Å². The van der Waals surface area contributed by atoms with E-state index in [1.54, 1.807) is 5.56 Å². The third-order valence-corrected chi connectivity index (χ3v) is 4.53. The molecule has 2 rings (SSSR count). The maximum atomic E-state index is 2.40. The zero-order chi connectivity index (χ0) is 16.1. The van der Waals surface area contributed by atoms with Crippen molar-refractivity contribution >= 4 is 0 Å². The van der Waals surface area contributed by atoms with Gasteiger partial charge in [0.1, 0.15) is 0 Å². The van der Waals surface area contributed by atoms with E-state index in [9.17, 15) is 0 Å². The average molecular weight is 294 g/mol. The van der Waals surface area contributed by atoms with Crippen LogP contribution in [0, 0.1) is 26.7 Å². The lowest BCUT2D eigenvalue weighted by molar-refractivity contribution is 0.475. The summed E-state index contributed by atoms with van der Waals surface area (Å²) in [6, 6.07) is 15.9. The first-order chi connectivity index (χ1) is 10.5. The highest BCUT2D eigenvalue weighted by Gasteiger charge is 2.16. The van der Waals surface area contributed by atoms with Crippen LogP contribution in [-0.2, 0) is 6.42 Å². The Morgan fingerprint density at radius 1 is 0.818 bits per heavy atom. The Kier molecular flexibility index (Phi) is 5.83. The van der Waals surface area contributed by atoms with Crippen molar-refractivity contribution in [2.45, 2.75) is 59.8 Å². The van der Waals surface area contributed by atoms with E-state index < -0.39 is 0 Å². The summed E-state index contributed by atoms with van der Waals surface area (Å²) in [4.78, 5) is 0. The zero-order valence-electron chi connectivity index (χ0n) is 14.8. The van der Waals surface area contributed by atoms with Crippen LogP contribution in [0.3, 0.4) is 0 Å². The molecule has 0 heterocycles. The molecular formula is C22H30. The van der Waals surface area contributed by atoms with Gasteiger partial charge in [-0.15, -0.1) is 0 Å². The van der Waals surface area contributed by atoms with E-state index in [2.05, 4.69) is 77.1 Å². The van der Waals surface area contributed by atoms with Crippen molar-refractivity contribution in [2.75, 3.05) is 0 Å². The zero-order valence-corrected chi connectivity index (χ0v) is 14.8. The number of hydrogen-bond donors (Lipinski definition) is 0. The molecule has 1 unspecified atom stereocenters. The molecule has 0 spiro atoms. The molecule has 0 N–H and O–H groups in total. The molecule has 0 radical (unpaired) electrons. The van der Waals surface area contributed by atoms with E-state index in [4.69, 9.17) is 0 Å². The van der Waals surface area contributed by atoms with Gasteiger partial charge >= 0.3 is 0 Å². The van der Waals surface area contributed by atoms with Gasteiger partial charge in [-0.05, 0) is 68.6 Å². The second-order valence-corrected chi connectivity index (χ2v) is 7.21. The minimum absolute atomic E-state index is 0.668. The highest BCUT2D eigenvalue weighted by Crippen LogP contribution is 2.31. The fourth-order valence-electron chi connectivity index (χ4n) is 3.26. The van der Waals surface area contributed by atoms with E-state index in [-0.39, 0.29) is 0 Å². The summed E-state index contributed by atoms with van der Waals surface area (Å²) in [6.07, 6.45) is 3.69. The predicted octanol–water partition coefficient (Wildman–Crippen LogP) is 6.37. The summed E-state index contributed by atoms with van der Waals surface area (Å²) in [6.45, 7) is 11.3. The van der Waals surface area contributed by atoms with Crippen LogP contribution in [0.5, 0.6) is 0 Å². The van der Waals surface area contributed by atoms with Gasteiger partial charge in [0, 0.05) is 0 Å². The van der Waals surface area contributed by atoms with Crippen LogP contribution in [0.2, 0.25) is 0 Å². The van der Waals surface area contributed by atoms with Gasteiger partial charge in [0.05, 0.1) is 0 Å². The SMILES string of the molecule is Cc1ccc(CCC(CC(C)C)c2cc(C)ccc2C)cc1. The quantitative estimate of drug-likeness (QED) is 0.580. The van der Waals surface area contributed by atoms with Crippen molar-refractivity contribution in [1.82, 2.24) is 0 Å². The van der Waals surface area contributed by atoms with E-state index >= 15 is 0 Å². The Hall–Kier alpha value is -1.56.